The normalized spacial score (nSPS) is 11.6. The highest BCUT2D eigenvalue weighted by Gasteiger charge is 2.10. The molecule has 0 saturated carbocycles. The monoisotopic (exact) mass is 338 g/mol. The van der Waals surface area contributed by atoms with E-state index in [2.05, 4.69) is 22.6 Å². The predicted molar refractivity (Wildman–Crippen MR) is 71.6 cm³/mol. The standard InChI is InChI=1S/C11H15IO2S/c1-2-3-8-15(13,14)9-10-4-6-11(12)7-5-10/h4-7H,2-3,8-9H2,1H3. The Morgan fingerprint density at radius 1 is 1.20 bits per heavy atom. The van der Waals surface area contributed by atoms with E-state index in [0.717, 1.165) is 22.0 Å². The minimum atomic E-state index is -2.91. The van der Waals surface area contributed by atoms with Crippen LogP contribution in [-0.4, -0.2) is 14.2 Å². The number of hydrogen-bond donors (Lipinski definition) is 0. The highest BCUT2D eigenvalue weighted by atomic mass is 127. The summed E-state index contributed by atoms with van der Waals surface area (Å²) in [7, 11) is -2.91. The van der Waals surface area contributed by atoms with Crippen LogP contribution in [0.5, 0.6) is 0 Å². The van der Waals surface area contributed by atoms with Crippen molar-refractivity contribution in [3.05, 3.63) is 33.4 Å². The molecule has 0 aromatic heterocycles. The molecular weight excluding hydrogens is 323 g/mol. The number of hydrogen-bond acceptors (Lipinski definition) is 2. The van der Waals surface area contributed by atoms with Crippen LogP contribution >= 0.6 is 22.6 Å². The molecule has 0 bridgehead atoms. The number of sulfone groups is 1. The van der Waals surface area contributed by atoms with Crippen molar-refractivity contribution < 1.29 is 8.42 Å². The molecular formula is C11H15IO2S. The molecule has 1 rings (SSSR count). The Morgan fingerprint density at radius 2 is 1.80 bits per heavy atom. The smallest absolute Gasteiger partial charge is 0.154 e. The van der Waals surface area contributed by atoms with Crippen molar-refractivity contribution in [2.24, 2.45) is 0 Å². The lowest BCUT2D eigenvalue weighted by atomic mass is 10.2. The fourth-order valence-electron chi connectivity index (χ4n) is 1.27. The first kappa shape index (κ1) is 13.0. The van der Waals surface area contributed by atoms with Crippen molar-refractivity contribution in [2.75, 3.05) is 5.75 Å². The van der Waals surface area contributed by atoms with Crippen LogP contribution in [0.25, 0.3) is 0 Å². The van der Waals surface area contributed by atoms with Crippen molar-refractivity contribution in [3.8, 4) is 0 Å². The Bertz CT molecular complexity index is 395. The van der Waals surface area contributed by atoms with Crippen LogP contribution in [0.1, 0.15) is 25.3 Å². The van der Waals surface area contributed by atoms with Crippen molar-refractivity contribution in [1.29, 1.82) is 0 Å². The van der Waals surface area contributed by atoms with Gasteiger partial charge in [0.05, 0.1) is 11.5 Å². The summed E-state index contributed by atoms with van der Waals surface area (Å²) in [5.41, 5.74) is 0.881. The lowest BCUT2D eigenvalue weighted by Gasteiger charge is -2.03. The zero-order valence-electron chi connectivity index (χ0n) is 8.74. The summed E-state index contributed by atoms with van der Waals surface area (Å²) in [6.07, 6.45) is 1.68. The number of unbranched alkanes of at least 4 members (excludes halogenated alkanes) is 1. The average molecular weight is 338 g/mol. The van der Waals surface area contributed by atoms with Gasteiger partial charge in [0.25, 0.3) is 0 Å². The Kier molecular flexibility index (Phi) is 5.05. The highest BCUT2D eigenvalue weighted by Crippen LogP contribution is 2.11. The van der Waals surface area contributed by atoms with Crippen LogP contribution in [0.4, 0.5) is 0 Å². The second-order valence-electron chi connectivity index (χ2n) is 3.57. The van der Waals surface area contributed by atoms with Gasteiger partial charge in [-0.15, -0.1) is 0 Å². The lowest BCUT2D eigenvalue weighted by molar-refractivity contribution is 0.592. The Hall–Kier alpha value is -0.100. The van der Waals surface area contributed by atoms with E-state index in [0.29, 0.717) is 5.75 Å². The molecule has 0 spiro atoms. The summed E-state index contributed by atoms with van der Waals surface area (Å²) < 4.78 is 24.4. The van der Waals surface area contributed by atoms with Crippen molar-refractivity contribution in [2.45, 2.75) is 25.5 Å². The van der Waals surface area contributed by atoms with Crippen LogP contribution in [0.15, 0.2) is 24.3 Å². The van der Waals surface area contributed by atoms with Crippen LogP contribution in [-0.2, 0) is 15.6 Å². The maximum absolute atomic E-state index is 11.6. The molecule has 1 aromatic rings. The minimum Gasteiger partial charge on any atom is -0.228 e. The molecule has 0 atom stereocenters. The Labute approximate surface area is 105 Å². The van der Waals surface area contributed by atoms with Gasteiger partial charge in [-0.05, 0) is 46.7 Å². The number of benzene rings is 1. The van der Waals surface area contributed by atoms with E-state index in [-0.39, 0.29) is 5.75 Å². The van der Waals surface area contributed by atoms with E-state index < -0.39 is 9.84 Å². The molecule has 0 fully saturated rings. The van der Waals surface area contributed by atoms with E-state index in [1.807, 2.05) is 31.2 Å². The third-order valence-corrected chi connectivity index (χ3v) is 4.51. The zero-order valence-corrected chi connectivity index (χ0v) is 11.7. The number of rotatable bonds is 5. The lowest BCUT2D eigenvalue weighted by Crippen LogP contribution is -2.09. The summed E-state index contributed by atoms with van der Waals surface area (Å²) in [4.78, 5) is 0. The fraction of sp³-hybridized carbons (Fsp3) is 0.455. The van der Waals surface area contributed by atoms with Crippen LogP contribution in [0.3, 0.4) is 0 Å². The SMILES string of the molecule is CCCCS(=O)(=O)Cc1ccc(I)cc1. The van der Waals surface area contributed by atoms with E-state index >= 15 is 0 Å². The molecule has 2 nitrogen and oxygen atoms in total. The topological polar surface area (TPSA) is 34.1 Å². The summed E-state index contributed by atoms with van der Waals surface area (Å²) in [6.45, 7) is 2.00. The van der Waals surface area contributed by atoms with E-state index in [4.69, 9.17) is 0 Å². The van der Waals surface area contributed by atoms with Crippen molar-refractivity contribution in [1.82, 2.24) is 0 Å². The molecule has 0 saturated heterocycles. The summed E-state index contributed by atoms with van der Waals surface area (Å²) in [6, 6.07) is 7.63. The summed E-state index contributed by atoms with van der Waals surface area (Å²) in [5.74, 6) is 0.472. The van der Waals surface area contributed by atoms with Gasteiger partial charge >= 0.3 is 0 Å². The third-order valence-electron chi connectivity index (χ3n) is 2.11. The third kappa shape index (κ3) is 4.97. The van der Waals surface area contributed by atoms with Gasteiger partial charge in [-0.3, -0.25) is 0 Å². The van der Waals surface area contributed by atoms with Gasteiger partial charge in [-0.25, -0.2) is 8.42 Å². The molecule has 0 aliphatic carbocycles. The molecule has 0 radical (unpaired) electrons. The molecule has 84 valence electrons. The van der Waals surface area contributed by atoms with E-state index in [1.54, 1.807) is 0 Å². The molecule has 15 heavy (non-hydrogen) atoms. The first-order chi connectivity index (χ1) is 7.03. The molecule has 0 N–H and O–H groups in total. The van der Waals surface area contributed by atoms with Crippen LogP contribution in [0, 0.1) is 3.57 Å². The van der Waals surface area contributed by atoms with Gasteiger partial charge in [-0.2, -0.15) is 0 Å². The largest absolute Gasteiger partial charge is 0.228 e. The molecule has 0 aliphatic rings. The first-order valence-corrected chi connectivity index (χ1v) is 7.88. The van der Waals surface area contributed by atoms with Crippen molar-refractivity contribution >= 4 is 32.4 Å². The summed E-state index contributed by atoms with van der Waals surface area (Å²) in [5, 5.41) is 0. The molecule has 4 heteroatoms. The quantitative estimate of drug-likeness (QED) is 0.774. The second-order valence-corrected chi connectivity index (χ2v) is 7.00. The van der Waals surface area contributed by atoms with Gasteiger partial charge in [-0.1, -0.05) is 25.5 Å². The average Bonchev–Trinajstić information content (AvgIpc) is 2.18. The van der Waals surface area contributed by atoms with Gasteiger partial charge in [0.1, 0.15) is 0 Å². The molecule has 0 unspecified atom stereocenters. The maximum atomic E-state index is 11.6. The van der Waals surface area contributed by atoms with Gasteiger partial charge in [0, 0.05) is 3.57 Å². The highest BCUT2D eigenvalue weighted by molar-refractivity contribution is 14.1. The van der Waals surface area contributed by atoms with Crippen LogP contribution < -0.4 is 0 Å². The maximum Gasteiger partial charge on any atom is 0.154 e. The number of halogens is 1. The second kappa shape index (κ2) is 5.84. The van der Waals surface area contributed by atoms with E-state index in [9.17, 15) is 8.42 Å². The fourth-order valence-corrected chi connectivity index (χ4v) is 3.20. The molecule has 0 amide bonds. The van der Waals surface area contributed by atoms with Gasteiger partial charge in [0.2, 0.25) is 0 Å². The van der Waals surface area contributed by atoms with Crippen LogP contribution in [0.2, 0.25) is 0 Å². The Balaban J connectivity index is 2.65. The van der Waals surface area contributed by atoms with E-state index in [1.165, 1.54) is 0 Å². The Morgan fingerprint density at radius 3 is 2.33 bits per heavy atom. The zero-order chi connectivity index (χ0) is 11.3. The van der Waals surface area contributed by atoms with Gasteiger partial charge in [0.15, 0.2) is 9.84 Å². The van der Waals surface area contributed by atoms with Crippen molar-refractivity contribution in [3.63, 3.8) is 0 Å². The summed E-state index contributed by atoms with van der Waals surface area (Å²) >= 11 is 2.21. The molecule has 1 aromatic carbocycles. The first-order valence-electron chi connectivity index (χ1n) is 4.98. The minimum absolute atomic E-state index is 0.171. The molecule has 0 heterocycles. The molecule has 0 aliphatic heterocycles. The predicted octanol–water partition coefficient (Wildman–Crippen LogP) is 3.01. The van der Waals surface area contributed by atoms with Gasteiger partial charge < -0.3 is 0 Å².